The van der Waals surface area contributed by atoms with E-state index in [-0.39, 0.29) is 12.5 Å². The number of urea groups is 1. The van der Waals surface area contributed by atoms with Crippen molar-refractivity contribution in [2.24, 2.45) is 5.41 Å². The fraction of sp³-hybridized carbons (Fsp3) is 0.583. The second-order valence-corrected chi connectivity index (χ2v) is 5.93. The minimum absolute atomic E-state index is 0.0969. The van der Waals surface area contributed by atoms with Crippen LogP contribution < -0.4 is 5.32 Å². The number of barbiturate groups is 1. The van der Waals surface area contributed by atoms with Gasteiger partial charge in [-0.1, -0.05) is 41.8 Å². The molecular formula is C12H15BrN2O3. The first kappa shape index (κ1) is 13.3. The molecule has 1 N–H and O–H groups in total. The Morgan fingerprint density at radius 1 is 1.28 bits per heavy atom. The number of carbonyl (C=O) groups is 3. The highest BCUT2D eigenvalue weighted by molar-refractivity contribution is 9.11. The van der Waals surface area contributed by atoms with E-state index in [9.17, 15) is 14.4 Å². The van der Waals surface area contributed by atoms with Gasteiger partial charge in [-0.05, 0) is 12.8 Å². The molecule has 6 heteroatoms. The Morgan fingerprint density at radius 2 is 1.89 bits per heavy atom. The molecule has 0 radical (unpaired) electrons. The van der Waals surface area contributed by atoms with Gasteiger partial charge in [-0.2, -0.15) is 0 Å². The molecular weight excluding hydrogens is 300 g/mol. The topological polar surface area (TPSA) is 66.5 Å². The Kier molecular flexibility index (Phi) is 3.56. The quantitative estimate of drug-likeness (QED) is 0.792. The Labute approximate surface area is 114 Å². The molecule has 98 valence electrons. The lowest BCUT2D eigenvalue weighted by atomic mass is 9.71. The summed E-state index contributed by atoms with van der Waals surface area (Å²) in [5, 5.41) is 2.29. The molecule has 1 aliphatic heterocycles. The number of carbonyl (C=O) groups excluding carboxylic acids is 3. The first-order chi connectivity index (χ1) is 8.47. The Bertz CT molecular complexity index is 427. The maximum atomic E-state index is 12.4. The first-order valence-corrected chi connectivity index (χ1v) is 6.77. The second kappa shape index (κ2) is 4.84. The number of halogens is 1. The lowest BCUT2D eigenvalue weighted by Crippen LogP contribution is -2.64. The fourth-order valence-electron chi connectivity index (χ4n) is 2.64. The molecule has 0 aromatic carbocycles. The number of imide groups is 2. The summed E-state index contributed by atoms with van der Waals surface area (Å²) in [5.41, 5.74) is -1.03. The van der Waals surface area contributed by atoms with Crippen molar-refractivity contribution in [3.8, 4) is 0 Å². The third kappa shape index (κ3) is 2.09. The van der Waals surface area contributed by atoms with E-state index in [4.69, 9.17) is 0 Å². The predicted molar refractivity (Wildman–Crippen MR) is 68.8 cm³/mol. The van der Waals surface area contributed by atoms with Gasteiger partial charge < -0.3 is 0 Å². The Hall–Kier alpha value is -1.17. The van der Waals surface area contributed by atoms with Gasteiger partial charge in [-0.3, -0.25) is 19.8 Å². The highest BCUT2D eigenvalue weighted by atomic mass is 79.9. The van der Waals surface area contributed by atoms with Gasteiger partial charge in [-0.15, -0.1) is 0 Å². The van der Waals surface area contributed by atoms with Crippen molar-refractivity contribution >= 4 is 33.8 Å². The minimum Gasteiger partial charge on any atom is -0.277 e. The van der Waals surface area contributed by atoms with E-state index in [2.05, 4.69) is 27.8 Å². The fourth-order valence-corrected chi connectivity index (χ4v) is 2.89. The van der Waals surface area contributed by atoms with E-state index < -0.39 is 17.4 Å². The van der Waals surface area contributed by atoms with E-state index in [1.54, 1.807) is 0 Å². The number of nitrogens with one attached hydrogen (secondary N) is 1. The van der Waals surface area contributed by atoms with Crippen molar-refractivity contribution in [3.63, 3.8) is 0 Å². The zero-order chi connectivity index (χ0) is 13.3. The van der Waals surface area contributed by atoms with Crippen LogP contribution in [-0.2, 0) is 9.59 Å². The Balaban J connectivity index is 2.30. The summed E-state index contributed by atoms with van der Waals surface area (Å²) in [6, 6.07) is -0.651. The standard InChI is InChI=1S/C12H15BrN2O3/c1-8(13)7-15-10(17)12(5-3-2-4-6-12)9(16)14-11(15)18/h1-7H2,(H,14,16,18). The van der Waals surface area contributed by atoms with Crippen LogP contribution in [0.3, 0.4) is 0 Å². The van der Waals surface area contributed by atoms with Gasteiger partial charge in [0.15, 0.2) is 0 Å². The highest BCUT2D eigenvalue weighted by Gasteiger charge is 2.53. The molecule has 0 aromatic rings. The monoisotopic (exact) mass is 314 g/mol. The lowest BCUT2D eigenvalue weighted by Gasteiger charge is -2.41. The molecule has 0 aromatic heterocycles. The van der Waals surface area contributed by atoms with E-state index in [1.807, 2.05) is 0 Å². The molecule has 1 spiro atoms. The van der Waals surface area contributed by atoms with Crippen molar-refractivity contribution in [1.29, 1.82) is 0 Å². The zero-order valence-corrected chi connectivity index (χ0v) is 11.6. The molecule has 1 saturated carbocycles. The number of hydrogen-bond acceptors (Lipinski definition) is 3. The lowest BCUT2D eigenvalue weighted by molar-refractivity contribution is -0.153. The molecule has 2 rings (SSSR count). The van der Waals surface area contributed by atoms with Gasteiger partial charge in [0.2, 0.25) is 11.8 Å². The van der Waals surface area contributed by atoms with Crippen molar-refractivity contribution in [3.05, 3.63) is 11.1 Å². The maximum Gasteiger partial charge on any atom is 0.331 e. The van der Waals surface area contributed by atoms with Crippen LogP contribution in [0.15, 0.2) is 11.1 Å². The minimum atomic E-state index is -1.03. The maximum absolute atomic E-state index is 12.4. The van der Waals surface area contributed by atoms with Gasteiger partial charge in [0.25, 0.3) is 0 Å². The summed E-state index contributed by atoms with van der Waals surface area (Å²) < 4.78 is 0.534. The molecule has 0 unspecified atom stereocenters. The third-order valence-corrected chi connectivity index (χ3v) is 3.84. The normalized spacial score (nSPS) is 23.2. The van der Waals surface area contributed by atoms with Crippen LogP contribution in [-0.4, -0.2) is 29.3 Å². The van der Waals surface area contributed by atoms with Crippen molar-refractivity contribution in [1.82, 2.24) is 10.2 Å². The molecule has 0 atom stereocenters. The molecule has 1 aliphatic carbocycles. The van der Waals surface area contributed by atoms with E-state index in [0.717, 1.165) is 24.2 Å². The van der Waals surface area contributed by atoms with E-state index in [1.165, 1.54) is 0 Å². The van der Waals surface area contributed by atoms with Crippen LogP contribution in [0, 0.1) is 5.41 Å². The van der Waals surface area contributed by atoms with Crippen molar-refractivity contribution in [2.75, 3.05) is 6.54 Å². The van der Waals surface area contributed by atoms with Gasteiger partial charge in [0.1, 0.15) is 5.41 Å². The largest absolute Gasteiger partial charge is 0.331 e. The highest BCUT2D eigenvalue weighted by Crippen LogP contribution is 2.40. The van der Waals surface area contributed by atoms with Gasteiger partial charge in [0, 0.05) is 4.48 Å². The van der Waals surface area contributed by atoms with Crippen molar-refractivity contribution in [2.45, 2.75) is 32.1 Å². The SMILES string of the molecule is C=C(Br)CN1C(=O)NC(=O)C2(CCCCC2)C1=O. The van der Waals surface area contributed by atoms with Crippen LogP contribution in [0.1, 0.15) is 32.1 Å². The third-order valence-electron chi connectivity index (χ3n) is 3.59. The average molecular weight is 315 g/mol. The summed E-state index contributed by atoms with van der Waals surface area (Å²) in [6.07, 6.45) is 3.76. The molecule has 4 amide bonds. The summed E-state index contributed by atoms with van der Waals surface area (Å²) in [5.74, 6) is -0.815. The molecule has 1 saturated heterocycles. The predicted octanol–water partition coefficient (Wildman–Crippen LogP) is 1.92. The van der Waals surface area contributed by atoms with Crippen LogP contribution in [0.2, 0.25) is 0 Å². The molecule has 1 heterocycles. The van der Waals surface area contributed by atoms with E-state index in [0.29, 0.717) is 17.3 Å². The number of hydrogen-bond donors (Lipinski definition) is 1. The number of nitrogens with zero attached hydrogens (tertiary/aromatic N) is 1. The average Bonchev–Trinajstić information content (AvgIpc) is 2.34. The van der Waals surface area contributed by atoms with Crippen LogP contribution >= 0.6 is 15.9 Å². The first-order valence-electron chi connectivity index (χ1n) is 5.98. The van der Waals surface area contributed by atoms with Gasteiger partial charge in [0.05, 0.1) is 6.54 Å². The molecule has 5 nitrogen and oxygen atoms in total. The summed E-state index contributed by atoms with van der Waals surface area (Å²) in [6.45, 7) is 3.73. The molecule has 2 fully saturated rings. The number of rotatable bonds is 2. The summed E-state index contributed by atoms with van der Waals surface area (Å²) in [7, 11) is 0. The number of amides is 4. The van der Waals surface area contributed by atoms with Crippen LogP contribution in [0.4, 0.5) is 4.79 Å². The zero-order valence-electron chi connectivity index (χ0n) is 10.00. The van der Waals surface area contributed by atoms with Crippen molar-refractivity contribution < 1.29 is 14.4 Å². The summed E-state index contributed by atoms with van der Waals surface area (Å²) in [4.78, 5) is 37.2. The molecule has 18 heavy (non-hydrogen) atoms. The Morgan fingerprint density at radius 3 is 2.44 bits per heavy atom. The van der Waals surface area contributed by atoms with E-state index >= 15 is 0 Å². The molecule has 2 aliphatic rings. The van der Waals surface area contributed by atoms with Gasteiger partial charge >= 0.3 is 6.03 Å². The smallest absolute Gasteiger partial charge is 0.277 e. The van der Waals surface area contributed by atoms with Crippen LogP contribution in [0.5, 0.6) is 0 Å². The van der Waals surface area contributed by atoms with Gasteiger partial charge in [-0.25, -0.2) is 4.79 Å². The second-order valence-electron chi connectivity index (χ2n) is 4.81. The van der Waals surface area contributed by atoms with Crippen LogP contribution in [0.25, 0.3) is 0 Å². The summed E-state index contributed by atoms with van der Waals surface area (Å²) >= 11 is 3.14. The molecule has 0 bridgehead atoms.